The quantitative estimate of drug-likeness (QED) is 0.244. The zero-order valence-corrected chi connectivity index (χ0v) is 23.1. The van der Waals surface area contributed by atoms with Crippen LogP contribution in [0.1, 0.15) is 29.2 Å². The predicted molar refractivity (Wildman–Crippen MR) is 152 cm³/mol. The highest BCUT2D eigenvalue weighted by Gasteiger charge is 2.22. The Morgan fingerprint density at radius 3 is 2.24 bits per heavy atom. The monoisotopic (exact) mass is 534 g/mol. The third-order valence-electron chi connectivity index (χ3n) is 6.24. The lowest BCUT2D eigenvalue weighted by atomic mass is 10.1. The van der Waals surface area contributed by atoms with Crippen molar-refractivity contribution in [3.05, 3.63) is 77.0 Å². The van der Waals surface area contributed by atoms with Gasteiger partial charge in [-0.25, -0.2) is 17.8 Å². The van der Waals surface area contributed by atoms with E-state index in [0.717, 1.165) is 50.2 Å². The lowest BCUT2D eigenvalue weighted by molar-refractivity contribution is -0.116. The maximum absolute atomic E-state index is 13.2. The van der Waals surface area contributed by atoms with Crippen molar-refractivity contribution in [2.45, 2.75) is 45.6 Å². The van der Waals surface area contributed by atoms with E-state index < -0.39 is 15.9 Å². The second kappa shape index (κ2) is 10.8. The molecule has 0 saturated carbocycles. The van der Waals surface area contributed by atoms with E-state index in [2.05, 4.69) is 26.5 Å². The number of rotatable bonds is 10. The summed E-state index contributed by atoms with van der Waals surface area (Å²) in [7, 11) is -3.67. The van der Waals surface area contributed by atoms with Crippen LogP contribution in [-0.2, 0) is 14.8 Å². The van der Waals surface area contributed by atoms with Gasteiger partial charge in [-0.3, -0.25) is 4.79 Å². The van der Waals surface area contributed by atoms with E-state index in [4.69, 9.17) is 5.73 Å². The first-order chi connectivity index (χ1) is 17.9. The molecule has 1 amide bonds. The van der Waals surface area contributed by atoms with Gasteiger partial charge in [-0.05, 0) is 87.7 Å². The molecule has 0 fully saturated rings. The Morgan fingerprint density at radius 1 is 0.974 bits per heavy atom. The average Bonchev–Trinajstić information content (AvgIpc) is 3.24. The minimum atomic E-state index is -3.67. The molecule has 0 unspecified atom stereocenters. The Bertz CT molecular complexity index is 1570. The number of carbonyl (C=O) groups excluding carboxylic acids is 1. The molecular formula is C28H34N6O3S. The molecule has 200 valence electrons. The first-order valence-electron chi connectivity index (χ1n) is 12.4. The SMILES string of the molecule is Cc1cc(C)c(S(=O)(=O)N[C@@H](C)CNc2cc(C)cc3c2cnn3-c2ccc(NCC(N)=O)cc2)c(C)c1. The fraction of sp³-hybridized carbons (Fsp3) is 0.286. The minimum Gasteiger partial charge on any atom is -0.383 e. The van der Waals surface area contributed by atoms with Gasteiger partial charge in [0.1, 0.15) is 0 Å². The van der Waals surface area contributed by atoms with Crippen LogP contribution < -0.4 is 21.1 Å². The van der Waals surface area contributed by atoms with E-state index in [0.29, 0.717) is 11.4 Å². The summed E-state index contributed by atoms with van der Waals surface area (Å²) >= 11 is 0. The number of nitrogens with one attached hydrogen (secondary N) is 3. The number of nitrogens with zero attached hydrogens (tertiary/aromatic N) is 2. The predicted octanol–water partition coefficient (Wildman–Crippen LogP) is 3.94. The van der Waals surface area contributed by atoms with Gasteiger partial charge in [0, 0.05) is 29.3 Å². The summed E-state index contributed by atoms with van der Waals surface area (Å²) in [5.74, 6) is -0.426. The van der Waals surface area contributed by atoms with Gasteiger partial charge in [0.2, 0.25) is 15.9 Å². The summed E-state index contributed by atoms with van der Waals surface area (Å²) in [6.45, 7) is 9.92. The van der Waals surface area contributed by atoms with Crippen LogP contribution >= 0.6 is 0 Å². The molecule has 9 nitrogen and oxygen atoms in total. The number of amides is 1. The highest BCUT2D eigenvalue weighted by molar-refractivity contribution is 7.89. The van der Waals surface area contributed by atoms with Crippen LogP contribution in [0.15, 0.2) is 59.6 Å². The zero-order valence-electron chi connectivity index (χ0n) is 22.3. The highest BCUT2D eigenvalue weighted by Crippen LogP contribution is 2.28. The number of aromatic nitrogens is 2. The molecule has 0 saturated heterocycles. The largest absolute Gasteiger partial charge is 0.383 e. The van der Waals surface area contributed by atoms with Crippen molar-refractivity contribution in [2.24, 2.45) is 5.73 Å². The summed E-state index contributed by atoms with van der Waals surface area (Å²) in [6, 6.07) is 15.1. The van der Waals surface area contributed by atoms with Gasteiger partial charge < -0.3 is 16.4 Å². The van der Waals surface area contributed by atoms with Crippen molar-refractivity contribution in [1.82, 2.24) is 14.5 Å². The summed E-state index contributed by atoms with van der Waals surface area (Å²) < 4.78 is 31.0. The van der Waals surface area contributed by atoms with E-state index >= 15 is 0 Å². The van der Waals surface area contributed by atoms with Gasteiger partial charge in [-0.2, -0.15) is 5.10 Å². The van der Waals surface area contributed by atoms with Crippen LogP contribution in [0.2, 0.25) is 0 Å². The van der Waals surface area contributed by atoms with Crippen molar-refractivity contribution in [2.75, 3.05) is 23.7 Å². The second-order valence-corrected chi connectivity index (χ2v) is 11.5. The number of hydrogen-bond donors (Lipinski definition) is 4. The topological polar surface area (TPSA) is 131 Å². The zero-order chi connectivity index (χ0) is 27.6. The van der Waals surface area contributed by atoms with Crippen LogP contribution in [0.4, 0.5) is 11.4 Å². The van der Waals surface area contributed by atoms with E-state index in [1.807, 2.05) is 81.8 Å². The number of carbonyl (C=O) groups is 1. The molecule has 38 heavy (non-hydrogen) atoms. The molecular weight excluding hydrogens is 500 g/mol. The minimum absolute atomic E-state index is 0.0666. The Hall–Kier alpha value is -3.89. The molecule has 4 aromatic rings. The maximum Gasteiger partial charge on any atom is 0.241 e. The molecule has 0 spiro atoms. The number of aryl methyl sites for hydroxylation is 4. The lowest BCUT2D eigenvalue weighted by Gasteiger charge is -2.19. The van der Waals surface area contributed by atoms with Gasteiger partial charge in [-0.15, -0.1) is 0 Å². The van der Waals surface area contributed by atoms with Crippen LogP contribution in [0.5, 0.6) is 0 Å². The number of benzene rings is 3. The molecule has 1 aromatic heterocycles. The molecule has 1 heterocycles. The number of primary amides is 1. The molecule has 1 atom stereocenters. The number of nitrogens with two attached hydrogens (primary N) is 1. The fourth-order valence-corrected chi connectivity index (χ4v) is 6.44. The first kappa shape index (κ1) is 27.2. The number of fused-ring (bicyclic) bond motifs is 1. The van der Waals surface area contributed by atoms with Gasteiger partial charge in [0.15, 0.2) is 0 Å². The smallest absolute Gasteiger partial charge is 0.241 e. The Labute approximate surface area is 223 Å². The summed E-state index contributed by atoms with van der Waals surface area (Å²) in [4.78, 5) is 11.3. The van der Waals surface area contributed by atoms with Crippen molar-refractivity contribution >= 4 is 38.2 Å². The maximum atomic E-state index is 13.2. The Balaban J connectivity index is 1.51. The standard InChI is InChI=1S/C28H34N6O3S/c1-17-10-19(3)28(20(4)11-17)38(36,37)33-21(5)14-31-25-12-18(2)13-26-24(25)15-32-34(26)23-8-6-22(7-9-23)30-16-27(29)35/h6-13,15,21,30-31,33H,14,16H2,1-5H3,(H2,29,35)/t21-/m0/s1. The highest BCUT2D eigenvalue weighted by atomic mass is 32.2. The molecule has 0 aliphatic heterocycles. The van der Waals surface area contributed by atoms with Crippen molar-refractivity contribution in [3.63, 3.8) is 0 Å². The molecule has 0 aliphatic carbocycles. The molecule has 0 bridgehead atoms. The van der Waals surface area contributed by atoms with E-state index in [1.54, 1.807) is 6.20 Å². The van der Waals surface area contributed by atoms with Crippen molar-refractivity contribution in [1.29, 1.82) is 0 Å². The fourth-order valence-electron chi connectivity index (χ4n) is 4.75. The van der Waals surface area contributed by atoms with Crippen LogP contribution in [-0.4, -0.2) is 43.2 Å². The van der Waals surface area contributed by atoms with Gasteiger partial charge in [0.05, 0.1) is 28.8 Å². The molecule has 0 radical (unpaired) electrons. The van der Waals surface area contributed by atoms with E-state index in [1.165, 1.54) is 0 Å². The molecule has 3 aromatic carbocycles. The Kier molecular flexibility index (Phi) is 7.75. The molecule has 10 heteroatoms. The second-order valence-electron chi connectivity index (χ2n) is 9.80. The lowest BCUT2D eigenvalue weighted by Crippen LogP contribution is -2.38. The van der Waals surface area contributed by atoms with Gasteiger partial charge in [0.25, 0.3) is 0 Å². The van der Waals surface area contributed by atoms with Crippen LogP contribution in [0.3, 0.4) is 0 Å². The number of sulfonamides is 1. The first-order valence-corrected chi connectivity index (χ1v) is 13.9. The Morgan fingerprint density at radius 2 is 1.61 bits per heavy atom. The van der Waals surface area contributed by atoms with Crippen molar-refractivity contribution < 1.29 is 13.2 Å². The van der Waals surface area contributed by atoms with Gasteiger partial charge >= 0.3 is 0 Å². The summed E-state index contributed by atoms with van der Waals surface area (Å²) in [5, 5.41) is 11.9. The van der Waals surface area contributed by atoms with E-state index in [-0.39, 0.29) is 12.6 Å². The molecule has 0 aliphatic rings. The average molecular weight is 535 g/mol. The van der Waals surface area contributed by atoms with Crippen LogP contribution in [0, 0.1) is 27.7 Å². The third-order valence-corrected chi connectivity index (χ3v) is 8.13. The van der Waals surface area contributed by atoms with Crippen molar-refractivity contribution in [3.8, 4) is 5.69 Å². The normalized spacial score (nSPS) is 12.4. The summed E-state index contributed by atoms with van der Waals surface area (Å²) in [6.07, 6.45) is 1.80. The molecule has 5 N–H and O–H groups in total. The number of hydrogen-bond acceptors (Lipinski definition) is 6. The van der Waals surface area contributed by atoms with Crippen LogP contribution in [0.25, 0.3) is 16.6 Å². The van der Waals surface area contributed by atoms with Gasteiger partial charge in [-0.1, -0.05) is 17.7 Å². The summed E-state index contributed by atoms with van der Waals surface area (Å²) in [5.41, 5.74) is 12.2. The molecule has 4 rings (SSSR count). The number of anilines is 2. The van der Waals surface area contributed by atoms with E-state index in [9.17, 15) is 13.2 Å². The third kappa shape index (κ3) is 5.98.